The molecule has 20 heavy (non-hydrogen) atoms. The van der Waals surface area contributed by atoms with Gasteiger partial charge in [-0.1, -0.05) is 37.3 Å². The van der Waals surface area contributed by atoms with Gasteiger partial charge in [0, 0.05) is 18.1 Å². The topological polar surface area (TPSA) is 15.3 Å². The minimum atomic E-state index is 0.807. The van der Waals surface area contributed by atoms with Crippen molar-refractivity contribution in [2.75, 3.05) is 13.1 Å². The van der Waals surface area contributed by atoms with E-state index in [1.54, 1.807) is 0 Å². The van der Waals surface area contributed by atoms with Gasteiger partial charge in [0.05, 0.1) is 0 Å². The Labute approximate surface area is 123 Å². The van der Waals surface area contributed by atoms with Crippen LogP contribution in [0.5, 0.6) is 0 Å². The van der Waals surface area contributed by atoms with E-state index in [0.29, 0.717) is 0 Å². The first-order chi connectivity index (χ1) is 9.85. The number of hydrogen-bond donors (Lipinski definition) is 1. The quantitative estimate of drug-likeness (QED) is 0.855. The van der Waals surface area contributed by atoms with Crippen molar-refractivity contribution < 1.29 is 0 Å². The minimum Gasteiger partial charge on any atom is -0.311 e. The Bertz CT molecular complexity index is 391. The first-order valence-corrected chi connectivity index (χ1v) is 8.39. The largest absolute Gasteiger partial charge is 0.311 e. The first kappa shape index (κ1) is 14.1. The van der Waals surface area contributed by atoms with Crippen molar-refractivity contribution in [3.8, 4) is 0 Å². The lowest BCUT2D eigenvalue weighted by Gasteiger charge is -2.37. The van der Waals surface area contributed by atoms with E-state index >= 15 is 0 Å². The molecule has 2 aliphatic rings. The van der Waals surface area contributed by atoms with E-state index in [9.17, 15) is 0 Å². The van der Waals surface area contributed by atoms with E-state index in [4.69, 9.17) is 0 Å². The van der Waals surface area contributed by atoms with Crippen LogP contribution in [-0.2, 0) is 6.42 Å². The van der Waals surface area contributed by atoms with Crippen molar-refractivity contribution >= 4 is 0 Å². The van der Waals surface area contributed by atoms with Crippen LogP contribution in [0, 0.1) is 0 Å². The van der Waals surface area contributed by atoms with E-state index in [0.717, 1.165) is 18.1 Å². The summed E-state index contributed by atoms with van der Waals surface area (Å²) >= 11 is 0. The predicted octanol–water partition coefficient (Wildman–Crippen LogP) is 3.22. The summed E-state index contributed by atoms with van der Waals surface area (Å²) in [5.41, 5.74) is 1.48. The molecule has 3 rings (SSSR count). The average molecular weight is 272 g/mol. The molecule has 2 bridgehead atoms. The van der Waals surface area contributed by atoms with Crippen molar-refractivity contribution in [3.63, 3.8) is 0 Å². The van der Waals surface area contributed by atoms with Crippen molar-refractivity contribution in [2.45, 2.75) is 63.6 Å². The first-order valence-electron chi connectivity index (χ1n) is 8.39. The van der Waals surface area contributed by atoms with Crippen LogP contribution in [0.3, 0.4) is 0 Å². The molecule has 0 spiro atoms. The zero-order valence-corrected chi connectivity index (χ0v) is 12.7. The fourth-order valence-corrected chi connectivity index (χ4v) is 4.06. The third-order valence-electron chi connectivity index (χ3n) is 5.12. The maximum atomic E-state index is 3.75. The van der Waals surface area contributed by atoms with Crippen LogP contribution in [0.25, 0.3) is 0 Å². The highest BCUT2D eigenvalue weighted by Gasteiger charge is 2.35. The molecule has 1 N–H and O–H groups in total. The number of rotatable bonds is 6. The summed E-state index contributed by atoms with van der Waals surface area (Å²) in [5, 5.41) is 3.75. The second-order valence-corrected chi connectivity index (χ2v) is 6.48. The van der Waals surface area contributed by atoms with Crippen molar-refractivity contribution in [1.82, 2.24) is 10.2 Å². The SMILES string of the molecule is CCN(CCCc1ccccc1)C1CC2CCC(C1)N2. The Morgan fingerprint density at radius 1 is 1.10 bits per heavy atom. The Kier molecular flexibility index (Phi) is 4.74. The third-order valence-corrected chi connectivity index (χ3v) is 5.12. The second-order valence-electron chi connectivity index (χ2n) is 6.48. The molecule has 0 radical (unpaired) electrons. The molecule has 2 fully saturated rings. The Hall–Kier alpha value is -0.860. The second kappa shape index (κ2) is 6.73. The van der Waals surface area contributed by atoms with Gasteiger partial charge in [0.2, 0.25) is 0 Å². The normalized spacial score (nSPS) is 29.0. The van der Waals surface area contributed by atoms with Gasteiger partial charge in [-0.25, -0.2) is 0 Å². The van der Waals surface area contributed by atoms with E-state index in [-0.39, 0.29) is 0 Å². The summed E-state index contributed by atoms with van der Waals surface area (Å²) in [7, 11) is 0. The molecule has 0 saturated carbocycles. The molecule has 0 aliphatic carbocycles. The molecule has 2 saturated heterocycles. The lowest BCUT2D eigenvalue weighted by molar-refractivity contribution is 0.146. The zero-order chi connectivity index (χ0) is 13.8. The predicted molar refractivity (Wildman–Crippen MR) is 85.0 cm³/mol. The molecule has 110 valence electrons. The molecule has 2 unspecified atom stereocenters. The number of nitrogens with zero attached hydrogens (tertiary/aromatic N) is 1. The maximum Gasteiger partial charge on any atom is 0.0125 e. The molecular formula is C18H28N2. The van der Waals surface area contributed by atoms with Gasteiger partial charge in [-0.05, 0) is 57.2 Å². The van der Waals surface area contributed by atoms with E-state index < -0.39 is 0 Å². The summed E-state index contributed by atoms with van der Waals surface area (Å²) in [4.78, 5) is 2.73. The Morgan fingerprint density at radius 3 is 2.45 bits per heavy atom. The van der Waals surface area contributed by atoms with Crippen LogP contribution in [0.4, 0.5) is 0 Å². The Morgan fingerprint density at radius 2 is 1.80 bits per heavy atom. The molecular weight excluding hydrogens is 244 g/mol. The van der Waals surface area contributed by atoms with E-state index in [2.05, 4.69) is 47.5 Å². The molecule has 2 heterocycles. The Balaban J connectivity index is 1.47. The van der Waals surface area contributed by atoms with Crippen LogP contribution < -0.4 is 5.32 Å². The zero-order valence-electron chi connectivity index (χ0n) is 12.7. The number of aryl methyl sites for hydroxylation is 1. The average Bonchev–Trinajstić information content (AvgIpc) is 2.83. The lowest BCUT2D eigenvalue weighted by Crippen LogP contribution is -2.48. The molecule has 2 nitrogen and oxygen atoms in total. The van der Waals surface area contributed by atoms with Crippen LogP contribution in [0.15, 0.2) is 30.3 Å². The fraction of sp³-hybridized carbons (Fsp3) is 0.667. The van der Waals surface area contributed by atoms with Gasteiger partial charge in [-0.2, -0.15) is 0 Å². The van der Waals surface area contributed by atoms with E-state index in [1.807, 2.05) is 0 Å². The number of fused-ring (bicyclic) bond motifs is 2. The molecule has 2 atom stereocenters. The molecule has 1 aromatic carbocycles. The summed E-state index contributed by atoms with van der Waals surface area (Å²) < 4.78 is 0. The summed E-state index contributed by atoms with van der Waals surface area (Å²) in [6.45, 7) is 4.79. The number of nitrogens with one attached hydrogen (secondary N) is 1. The van der Waals surface area contributed by atoms with Gasteiger partial charge in [0.25, 0.3) is 0 Å². The van der Waals surface area contributed by atoms with Gasteiger partial charge in [0.1, 0.15) is 0 Å². The van der Waals surface area contributed by atoms with Crippen LogP contribution in [0.1, 0.15) is 44.6 Å². The standard InChI is InChI=1S/C18H28N2/c1-2-20(12-6-9-15-7-4-3-5-8-15)18-13-16-10-11-17(14-18)19-16/h3-5,7-8,16-19H,2,6,9-14H2,1H3. The molecule has 0 amide bonds. The van der Waals surface area contributed by atoms with Gasteiger partial charge in [0.15, 0.2) is 0 Å². The number of hydrogen-bond acceptors (Lipinski definition) is 2. The molecule has 1 aromatic rings. The maximum absolute atomic E-state index is 3.75. The lowest BCUT2D eigenvalue weighted by atomic mass is 9.97. The molecule has 2 aliphatic heterocycles. The minimum absolute atomic E-state index is 0.807. The summed E-state index contributed by atoms with van der Waals surface area (Å²) in [5.74, 6) is 0. The fourth-order valence-electron chi connectivity index (χ4n) is 4.06. The third kappa shape index (κ3) is 3.42. The van der Waals surface area contributed by atoms with Crippen LogP contribution >= 0.6 is 0 Å². The van der Waals surface area contributed by atoms with Crippen molar-refractivity contribution in [3.05, 3.63) is 35.9 Å². The smallest absolute Gasteiger partial charge is 0.0125 e. The summed E-state index contributed by atoms with van der Waals surface area (Å²) in [6.07, 6.45) is 8.06. The van der Waals surface area contributed by atoms with Gasteiger partial charge >= 0.3 is 0 Å². The monoisotopic (exact) mass is 272 g/mol. The van der Waals surface area contributed by atoms with Crippen molar-refractivity contribution in [1.29, 1.82) is 0 Å². The number of piperidine rings is 1. The highest BCUT2D eigenvalue weighted by atomic mass is 15.2. The van der Waals surface area contributed by atoms with Crippen molar-refractivity contribution in [2.24, 2.45) is 0 Å². The van der Waals surface area contributed by atoms with E-state index in [1.165, 1.54) is 57.2 Å². The molecule has 0 aromatic heterocycles. The highest BCUT2D eigenvalue weighted by molar-refractivity contribution is 5.14. The number of benzene rings is 1. The van der Waals surface area contributed by atoms with Gasteiger partial charge in [-0.15, -0.1) is 0 Å². The summed E-state index contributed by atoms with van der Waals surface area (Å²) in [6, 6.07) is 13.3. The van der Waals surface area contributed by atoms with Crippen LogP contribution in [0.2, 0.25) is 0 Å². The van der Waals surface area contributed by atoms with Crippen LogP contribution in [-0.4, -0.2) is 36.1 Å². The van der Waals surface area contributed by atoms with Gasteiger partial charge < -0.3 is 10.2 Å². The van der Waals surface area contributed by atoms with Gasteiger partial charge in [-0.3, -0.25) is 0 Å². The molecule has 2 heteroatoms. The highest BCUT2D eigenvalue weighted by Crippen LogP contribution is 2.29.